The Bertz CT molecular complexity index is 897. The fourth-order valence-electron chi connectivity index (χ4n) is 2.57. The third kappa shape index (κ3) is 5.70. The van der Waals surface area contributed by atoms with Crippen molar-refractivity contribution in [3.63, 3.8) is 0 Å². The maximum absolute atomic E-state index is 13.7. The van der Waals surface area contributed by atoms with Crippen LogP contribution in [0.2, 0.25) is 0 Å². The fraction of sp³-hybridized carbons (Fsp3) is 0.238. The zero-order valence-electron chi connectivity index (χ0n) is 15.6. The van der Waals surface area contributed by atoms with Crippen LogP contribution < -0.4 is 5.32 Å². The second-order valence-corrected chi connectivity index (χ2v) is 6.28. The molecule has 148 valence electrons. The summed E-state index contributed by atoms with van der Waals surface area (Å²) in [5, 5.41) is 2.16. The molecule has 0 bridgehead atoms. The molecule has 0 aromatic heterocycles. The van der Waals surface area contributed by atoms with Gasteiger partial charge < -0.3 is 10.2 Å². The predicted octanol–water partition coefficient (Wildman–Crippen LogP) is 4.30. The van der Waals surface area contributed by atoms with Gasteiger partial charge >= 0.3 is 0 Å². The molecule has 2 aromatic rings. The van der Waals surface area contributed by atoms with E-state index >= 15 is 0 Å². The lowest BCUT2D eigenvalue weighted by atomic mass is 10.1. The standard InChI is InChI=1S/C21H21F3N2O2/c1-3-11-26(19(28)10-7-15-6-4-5-14(2)12-15)13-18(27)25-17-9-8-16(22)20(23)21(17)24/h4-10,12H,3,11,13H2,1-2H3,(H,25,27)/b10-7+. The van der Waals surface area contributed by atoms with Crippen LogP contribution in [0.4, 0.5) is 18.9 Å². The average Bonchev–Trinajstić information content (AvgIpc) is 2.66. The molecule has 0 heterocycles. The van der Waals surface area contributed by atoms with Crippen molar-refractivity contribution < 1.29 is 22.8 Å². The number of anilines is 1. The van der Waals surface area contributed by atoms with Crippen LogP contribution in [-0.4, -0.2) is 29.8 Å². The van der Waals surface area contributed by atoms with Gasteiger partial charge in [0.1, 0.15) is 6.54 Å². The van der Waals surface area contributed by atoms with Crippen LogP contribution in [-0.2, 0) is 9.59 Å². The highest BCUT2D eigenvalue weighted by atomic mass is 19.2. The van der Waals surface area contributed by atoms with E-state index in [0.717, 1.165) is 17.2 Å². The molecule has 0 fully saturated rings. The Morgan fingerprint density at radius 2 is 1.86 bits per heavy atom. The number of carbonyl (C=O) groups excluding carboxylic acids is 2. The van der Waals surface area contributed by atoms with Crippen molar-refractivity contribution in [2.75, 3.05) is 18.4 Å². The number of amides is 2. The summed E-state index contributed by atoms with van der Waals surface area (Å²) in [6.07, 6.45) is 3.61. The van der Waals surface area contributed by atoms with Crippen LogP contribution in [0.25, 0.3) is 6.08 Å². The predicted molar refractivity (Wildman–Crippen MR) is 102 cm³/mol. The summed E-state index contributed by atoms with van der Waals surface area (Å²) in [6.45, 7) is 3.75. The van der Waals surface area contributed by atoms with Crippen LogP contribution in [0, 0.1) is 24.4 Å². The molecule has 0 aliphatic heterocycles. The van der Waals surface area contributed by atoms with Crippen molar-refractivity contribution in [2.24, 2.45) is 0 Å². The fourth-order valence-corrected chi connectivity index (χ4v) is 2.57. The minimum absolute atomic E-state index is 0.310. The number of hydrogen-bond acceptors (Lipinski definition) is 2. The van der Waals surface area contributed by atoms with Gasteiger partial charge in [0.15, 0.2) is 17.5 Å². The van der Waals surface area contributed by atoms with Crippen molar-refractivity contribution in [1.82, 2.24) is 4.90 Å². The number of aryl methyl sites for hydroxylation is 1. The summed E-state index contributed by atoms with van der Waals surface area (Å²) in [5.74, 6) is -5.60. The highest BCUT2D eigenvalue weighted by Crippen LogP contribution is 2.19. The third-order valence-electron chi connectivity index (χ3n) is 3.91. The van der Waals surface area contributed by atoms with E-state index in [4.69, 9.17) is 0 Å². The number of nitrogens with zero attached hydrogens (tertiary/aromatic N) is 1. The van der Waals surface area contributed by atoms with Crippen molar-refractivity contribution in [3.05, 3.63) is 71.1 Å². The first-order chi connectivity index (χ1) is 13.3. The SMILES string of the molecule is CCCN(CC(=O)Nc1ccc(F)c(F)c1F)C(=O)/C=C/c1cccc(C)c1. The van der Waals surface area contributed by atoms with Gasteiger partial charge in [0.25, 0.3) is 0 Å². The molecule has 2 amide bonds. The molecule has 2 rings (SSSR count). The van der Waals surface area contributed by atoms with Gasteiger partial charge in [-0.1, -0.05) is 36.8 Å². The Kier molecular flexibility index (Phi) is 7.37. The average molecular weight is 390 g/mol. The number of benzene rings is 2. The lowest BCUT2D eigenvalue weighted by Gasteiger charge is -2.20. The van der Waals surface area contributed by atoms with Crippen molar-refractivity contribution in [1.29, 1.82) is 0 Å². The van der Waals surface area contributed by atoms with E-state index in [9.17, 15) is 22.8 Å². The first-order valence-corrected chi connectivity index (χ1v) is 8.78. The van der Waals surface area contributed by atoms with Crippen LogP contribution in [0.3, 0.4) is 0 Å². The topological polar surface area (TPSA) is 49.4 Å². The van der Waals surface area contributed by atoms with E-state index in [-0.39, 0.29) is 12.5 Å². The molecule has 0 radical (unpaired) electrons. The van der Waals surface area contributed by atoms with Crippen molar-refractivity contribution >= 4 is 23.6 Å². The Labute approximate surface area is 161 Å². The Morgan fingerprint density at radius 3 is 2.54 bits per heavy atom. The first-order valence-electron chi connectivity index (χ1n) is 8.78. The Morgan fingerprint density at radius 1 is 1.11 bits per heavy atom. The second kappa shape index (κ2) is 9.73. The van der Waals surface area contributed by atoms with Crippen LogP contribution in [0.5, 0.6) is 0 Å². The quantitative estimate of drug-likeness (QED) is 0.566. The summed E-state index contributed by atoms with van der Waals surface area (Å²) < 4.78 is 39.9. The van der Waals surface area contributed by atoms with E-state index in [2.05, 4.69) is 5.32 Å². The molecule has 0 aliphatic carbocycles. The summed E-state index contributed by atoms with van der Waals surface area (Å²) in [6, 6.07) is 9.20. The lowest BCUT2D eigenvalue weighted by molar-refractivity contribution is -0.130. The van der Waals surface area contributed by atoms with Gasteiger partial charge in [-0.3, -0.25) is 9.59 Å². The second-order valence-electron chi connectivity index (χ2n) is 6.28. The highest BCUT2D eigenvalue weighted by molar-refractivity contribution is 5.98. The minimum atomic E-state index is -1.67. The monoisotopic (exact) mass is 390 g/mol. The maximum atomic E-state index is 13.7. The largest absolute Gasteiger partial charge is 0.330 e. The number of nitrogens with one attached hydrogen (secondary N) is 1. The van der Waals surface area contributed by atoms with E-state index in [1.807, 2.05) is 38.1 Å². The van der Waals surface area contributed by atoms with Crippen LogP contribution in [0.15, 0.2) is 42.5 Å². The van der Waals surface area contributed by atoms with E-state index in [0.29, 0.717) is 19.0 Å². The van der Waals surface area contributed by atoms with Gasteiger partial charge in [-0.15, -0.1) is 0 Å². The zero-order chi connectivity index (χ0) is 20.7. The Hall–Kier alpha value is -3.09. The molecule has 28 heavy (non-hydrogen) atoms. The molecule has 0 saturated heterocycles. The molecule has 4 nitrogen and oxygen atoms in total. The van der Waals surface area contributed by atoms with Crippen LogP contribution in [0.1, 0.15) is 24.5 Å². The summed E-state index contributed by atoms with van der Waals surface area (Å²) in [7, 11) is 0. The van der Waals surface area contributed by atoms with Crippen molar-refractivity contribution in [2.45, 2.75) is 20.3 Å². The van der Waals surface area contributed by atoms with Gasteiger partial charge in [0.2, 0.25) is 11.8 Å². The van der Waals surface area contributed by atoms with E-state index < -0.39 is 29.0 Å². The molecular weight excluding hydrogens is 369 g/mol. The van der Waals surface area contributed by atoms with Crippen molar-refractivity contribution in [3.8, 4) is 0 Å². The number of hydrogen-bond donors (Lipinski definition) is 1. The summed E-state index contributed by atoms with van der Waals surface area (Å²) in [5.41, 5.74) is 1.41. The van der Waals surface area contributed by atoms with Gasteiger partial charge in [-0.05, 0) is 37.1 Å². The summed E-state index contributed by atoms with van der Waals surface area (Å²) >= 11 is 0. The van der Waals surface area contributed by atoms with Gasteiger partial charge in [-0.25, -0.2) is 13.2 Å². The Balaban J connectivity index is 2.06. The smallest absolute Gasteiger partial charge is 0.247 e. The molecule has 0 atom stereocenters. The molecule has 0 saturated carbocycles. The zero-order valence-corrected chi connectivity index (χ0v) is 15.6. The number of rotatable bonds is 7. The molecule has 1 N–H and O–H groups in total. The number of carbonyl (C=O) groups is 2. The maximum Gasteiger partial charge on any atom is 0.247 e. The lowest BCUT2D eigenvalue weighted by Crippen LogP contribution is -2.37. The minimum Gasteiger partial charge on any atom is -0.330 e. The molecule has 0 unspecified atom stereocenters. The molecule has 0 spiro atoms. The third-order valence-corrected chi connectivity index (χ3v) is 3.91. The molecule has 7 heteroatoms. The molecular formula is C21H21F3N2O2. The van der Waals surface area contributed by atoms with Gasteiger partial charge in [-0.2, -0.15) is 0 Å². The first kappa shape index (κ1) is 21.2. The normalized spacial score (nSPS) is 10.9. The summed E-state index contributed by atoms with van der Waals surface area (Å²) in [4.78, 5) is 25.9. The molecule has 0 aliphatic rings. The molecule has 2 aromatic carbocycles. The van der Waals surface area contributed by atoms with Crippen LogP contribution >= 0.6 is 0 Å². The van der Waals surface area contributed by atoms with Gasteiger partial charge in [0.05, 0.1) is 5.69 Å². The van der Waals surface area contributed by atoms with Gasteiger partial charge in [0, 0.05) is 12.6 Å². The van der Waals surface area contributed by atoms with E-state index in [1.165, 1.54) is 11.0 Å². The highest BCUT2D eigenvalue weighted by Gasteiger charge is 2.18. The number of halogens is 3. The van der Waals surface area contributed by atoms with E-state index in [1.54, 1.807) is 6.08 Å².